The van der Waals surface area contributed by atoms with Crippen LogP contribution in [0.4, 0.5) is 30.7 Å². The van der Waals surface area contributed by atoms with Crippen molar-refractivity contribution in [1.82, 2.24) is 14.9 Å². The highest BCUT2D eigenvalue weighted by Crippen LogP contribution is 2.26. The average molecular weight is 634 g/mol. The molecule has 1 aliphatic heterocycles. The minimum absolute atomic E-state index is 0.0385. The molecule has 2 atom stereocenters. The molecule has 0 spiro atoms. The van der Waals surface area contributed by atoms with Gasteiger partial charge >= 0.3 is 24.3 Å². The van der Waals surface area contributed by atoms with E-state index in [4.69, 9.17) is 24.5 Å². The zero-order valence-electron chi connectivity index (χ0n) is 22.6. The fraction of sp³-hybridized carbons (Fsp3) is 0.321. The lowest BCUT2D eigenvalue weighted by Crippen LogP contribution is -2.47. The molecule has 0 unspecified atom stereocenters. The Morgan fingerprint density at radius 2 is 1.43 bits per heavy atom. The second-order valence-corrected chi connectivity index (χ2v) is 9.17. The van der Waals surface area contributed by atoms with Gasteiger partial charge in [0, 0.05) is 49.2 Å². The second kappa shape index (κ2) is 16.3. The molecule has 1 saturated heterocycles. The molecule has 16 heteroatoms. The van der Waals surface area contributed by atoms with Crippen LogP contribution < -0.4 is 0 Å². The maximum absolute atomic E-state index is 13.5. The summed E-state index contributed by atoms with van der Waals surface area (Å²) in [4.78, 5) is 40.1. The highest BCUT2D eigenvalue weighted by molar-refractivity contribution is 5.94. The molecule has 0 saturated carbocycles. The van der Waals surface area contributed by atoms with Gasteiger partial charge in [-0.3, -0.25) is 9.78 Å². The lowest BCUT2D eigenvalue weighted by atomic mass is 9.88. The summed E-state index contributed by atoms with van der Waals surface area (Å²) in [6.07, 6.45) is -3.73. The van der Waals surface area contributed by atoms with Gasteiger partial charge in [-0.2, -0.15) is 30.7 Å². The molecule has 2 N–H and O–H groups in total. The molecule has 0 radical (unpaired) electrons. The van der Waals surface area contributed by atoms with E-state index >= 15 is 0 Å². The van der Waals surface area contributed by atoms with Crippen LogP contribution in [0.15, 0.2) is 73.2 Å². The Bertz CT molecular complexity index is 1340. The van der Waals surface area contributed by atoms with Crippen molar-refractivity contribution < 1.29 is 60.1 Å². The van der Waals surface area contributed by atoms with Gasteiger partial charge in [0.2, 0.25) is 5.95 Å². The zero-order valence-corrected chi connectivity index (χ0v) is 22.6. The standard InChI is InChI=1S/C24H24FN3O2.2C2HF3O2/c25-23-15-20(8-12-27-23)24(29)28-13-9-22(30-17-19-6-10-26-11-7-19)21(16-28)14-18-4-2-1-3-5-18;2*3-2(4,5)1(6)7/h1-8,10-12,15,21-22H,9,13-14,16-17H2;2*(H,6,7)/t21-,22-;;/m1../s1. The summed E-state index contributed by atoms with van der Waals surface area (Å²) < 4.78 is 83.2. The van der Waals surface area contributed by atoms with Crippen molar-refractivity contribution in [2.45, 2.75) is 37.9 Å². The summed E-state index contributed by atoms with van der Waals surface area (Å²) >= 11 is 0. The van der Waals surface area contributed by atoms with Crippen LogP contribution in [0.3, 0.4) is 0 Å². The van der Waals surface area contributed by atoms with Crippen LogP contribution in [0.2, 0.25) is 0 Å². The first kappa shape index (κ1) is 35.6. The molecule has 3 aromatic rings. The molecule has 1 aromatic carbocycles. The summed E-state index contributed by atoms with van der Waals surface area (Å²) in [6.45, 7) is 1.66. The predicted molar refractivity (Wildman–Crippen MR) is 139 cm³/mol. The number of halogens is 7. The summed E-state index contributed by atoms with van der Waals surface area (Å²) in [7, 11) is 0. The number of aliphatic carboxylic acids is 2. The fourth-order valence-electron chi connectivity index (χ4n) is 3.93. The molecule has 4 rings (SSSR count). The van der Waals surface area contributed by atoms with Gasteiger partial charge in [-0.25, -0.2) is 14.6 Å². The van der Waals surface area contributed by atoms with Gasteiger partial charge in [-0.15, -0.1) is 0 Å². The van der Waals surface area contributed by atoms with Crippen molar-refractivity contribution in [2.75, 3.05) is 13.1 Å². The van der Waals surface area contributed by atoms with E-state index < -0.39 is 30.2 Å². The molecule has 1 aliphatic rings. The Morgan fingerprint density at radius 1 is 0.864 bits per heavy atom. The van der Waals surface area contributed by atoms with Crippen molar-refractivity contribution in [1.29, 1.82) is 0 Å². The van der Waals surface area contributed by atoms with Crippen LogP contribution >= 0.6 is 0 Å². The third-order valence-corrected chi connectivity index (χ3v) is 5.96. The lowest BCUT2D eigenvalue weighted by molar-refractivity contribution is -0.193. The molecule has 44 heavy (non-hydrogen) atoms. The minimum Gasteiger partial charge on any atom is -0.475 e. The van der Waals surface area contributed by atoms with Gasteiger partial charge in [0.25, 0.3) is 5.91 Å². The fourth-order valence-corrected chi connectivity index (χ4v) is 3.93. The Hall–Kier alpha value is -4.60. The van der Waals surface area contributed by atoms with Crippen molar-refractivity contribution in [2.24, 2.45) is 5.92 Å². The number of alkyl halides is 6. The number of carbonyl (C=O) groups is 3. The quantitative estimate of drug-likeness (QED) is 0.281. The van der Waals surface area contributed by atoms with Gasteiger partial charge in [0.05, 0.1) is 12.7 Å². The first-order chi connectivity index (χ1) is 20.6. The molecule has 2 aromatic heterocycles. The van der Waals surface area contributed by atoms with E-state index in [2.05, 4.69) is 22.1 Å². The number of carboxylic acids is 2. The third kappa shape index (κ3) is 12.3. The van der Waals surface area contributed by atoms with Crippen LogP contribution in [0.1, 0.15) is 27.9 Å². The van der Waals surface area contributed by atoms with Crippen molar-refractivity contribution in [3.8, 4) is 0 Å². The van der Waals surface area contributed by atoms with Gasteiger partial charge in [-0.05, 0) is 42.2 Å². The summed E-state index contributed by atoms with van der Waals surface area (Å²) in [5, 5.41) is 14.2. The van der Waals surface area contributed by atoms with Crippen molar-refractivity contribution >= 4 is 17.8 Å². The Balaban J connectivity index is 0.000000402. The number of carboxylic acid groups (broad SMARTS) is 2. The normalized spacial score (nSPS) is 16.5. The second-order valence-electron chi connectivity index (χ2n) is 9.17. The zero-order chi connectivity index (χ0) is 32.9. The van der Waals surface area contributed by atoms with E-state index in [1.807, 2.05) is 30.3 Å². The number of hydrogen-bond acceptors (Lipinski definition) is 6. The Kier molecular flexibility index (Phi) is 13.2. The number of nitrogens with zero attached hydrogens (tertiary/aromatic N) is 3. The first-order valence-electron chi connectivity index (χ1n) is 12.6. The van der Waals surface area contributed by atoms with Gasteiger partial charge < -0.3 is 19.8 Å². The van der Waals surface area contributed by atoms with Crippen LogP contribution in [0.25, 0.3) is 0 Å². The monoisotopic (exact) mass is 633 g/mol. The van der Waals surface area contributed by atoms with Crippen LogP contribution in [0.5, 0.6) is 0 Å². The number of amides is 1. The maximum atomic E-state index is 13.5. The molecule has 1 amide bonds. The summed E-state index contributed by atoms with van der Waals surface area (Å²) in [5.41, 5.74) is 2.62. The number of hydrogen-bond donors (Lipinski definition) is 2. The number of rotatable bonds is 6. The van der Waals surface area contributed by atoms with E-state index in [0.717, 1.165) is 18.4 Å². The molecule has 0 bridgehead atoms. The van der Waals surface area contributed by atoms with Gasteiger partial charge in [0.15, 0.2) is 0 Å². The Labute approximate surface area is 245 Å². The molecular weight excluding hydrogens is 607 g/mol. The largest absolute Gasteiger partial charge is 0.490 e. The molecule has 238 valence electrons. The van der Waals surface area contributed by atoms with E-state index in [0.29, 0.717) is 25.3 Å². The van der Waals surface area contributed by atoms with E-state index in [1.165, 1.54) is 17.8 Å². The van der Waals surface area contributed by atoms with E-state index in [-0.39, 0.29) is 17.9 Å². The summed E-state index contributed by atoms with van der Waals surface area (Å²) in [5.74, 6) is -6.17. The summed E-state index contributed by atoms with van der Waals surface area (Å²) in [6, 6.07) is 16.9. The SMILES string of the molecule is O=C(O)C(F)(F)F.O=C(O)C(F)(F)F.O=C(c1ccnc(F)c1)N1CC[C@@H](OCc2ccncc2)[C@H](Cc2ccccc2)C1. The minimum atomic E-state index is -5.08. The number of piperidine rings is 1. The number of carbonyl (C=O) groups excluding carboxylic acids is 1. The van der Waals surface area contributed by atoms with Gasteiger partial charge in [0.1, 0.15) is 0 Å². The molecule has 0 aliphatic carbocycles. The topological polar surface area (TPSA) is 130 Å². The molecule has 9 nitrogen and oxygen atoms in total. The highest BCUT2D eigenvalue weighted by Gasteiger charge is 2.39. The average Bonchev–Trinajstić information content (AvgIpc) is 2.97. The lowest BCUT2D eigenvalue weighted by Gasteiger charge is -2.38. The first-order valence-corrected chi connectivity index (χ1v) is 12.6. The van der Waals surface area contributed by atoms with Crippen LogP contribution in [0, 0.1) is 11.9 Å². The predicted octanol–water partition coefficient (Wildman–Crippen LogP) is 5.17. The Morgan fingerprint density at radius 3 is 1.95 bits per heavy atom. The van der Waals surface area contributed by atoms with Crippen LogP contribution in [-0.2, 0) is 27.4 Å². The smallest absolute Gasteiger partial charge is 0.475 e. The third-order valence-electron chi connectivity index (χ3n) is 5.96. The van der Waals surface area contributed by atoms with Crippen molar-refractivity contribution in [3.63, 3.8) is 0 Å². The van der Waals surface area contributed by atoms with E-state index in [1.54, 1.807) is 23.4 Å². The highest BCUT2D eigenvalue weighted by atomic mass is 19.4. The van der Waals surface area contributed by atoms with Gasteiger partial charge in [-0.1, -0.05) is 30.3 Å². The number of aromatic nitrogens is 2. The number of pyridine rings is 2. The molecular formula is C28H26F7N3O6. The maximum Gasteiger partial charge on any atom is 0.490 e. The number of benzene rings is 1. The number of likely N-dealkylation sites (tertiary alicyclic amines) is 1. The molecule has 1 fully saturated rings. The molecule has 3 heterocycles. The van der Waals surface area contributed by atoms with Crippen LogP contribution in [-0.4, -0.2) is 74.5 Å². The van der Waals surface area contributed by atoms with E-state index in [9.17, 15) is 35.5 Å². The number of ether oxygens (including phenoxy) is 1. The van der Waals surface area contributed by atoms with Crippen molar-refractivity contribution in [3.05, 3.63) is 95.8 Å².